The average Bonchev–Trinajstić information content (AvgIpc) is 2.80. The van der Waals surface area contributed by atoms with Gasteiger partial charge in [0.05, 0.1) is 6.61 Å². The first kappa shape index (κ1) is 23.3. The van der Waals surface area contributed by atoms with E-state index in [0.717, 1.165) is 24.6 Å². The number of hydrogen-bond acceptors (Lipinski definition) is 6. The molecule has 2 atom stereocenters. The zero-order valence-corrected chi connectivity index (χ0v) is 18.9. The maximum absolute atomic E-state index is 14.7. The molecule has 1 aliphatic rings. The molecule has 1 aromatic heterocycles. The predicted molar refractivity (Wildman–Crippen MR) is 120 cm³/mol. The summed E-state index contributed by atoms with van der Waals surface area (Å²) in [6.07, 6.45) is 3.49. The Kier molecular flexibility index (Phi) is 7.06. The number of nitrogens with zero attached hydrogens (tertiary/aromatic N) is 2. The van der Waals surface area contributed by atoms with Crippen molar-refractivity contribution >= 4 is 27.6 Å². The van der Waals surface area contributed by atoms with E-state index in [2.05, 4.69) is 15.3 Å². The monoisotopic (exact) mass is 494 g/mol. The zero-order chi connectivity index (χ0) is 23.4. The van der Waals surface area contributed by atoms with Gasteiger partial charge < -0.3 is 10.1 Å². The van der Waals surface area contributed by atoms with Crippen LogP contribution in [-0.4, -0.2) is 38.1 Å². The fraction of sp³-hybridized carbons (Fsp3) is 0.273. The summed E-state index contributed by atoms with van der Waals surface area (Å²) in [5, 5.41) is 3.93. The number of rotatable bonds is 7. The topological polar surface area (TPSA) is 93.2 Å². The number of hydrogen-bond donors (Lipinski definition) is 2. The van der Waals surface area contributed by atoms with Crippen LogP contribution in [0.15, 0.2) is 59.8 Å². The third-order valence-corrected chi connectivity index (χ3v) is 7.02. The van der Waals surface area contributed by atoms with Crippen LogP contribution in [0.3, 0.4) is 0 Å². The van der Waals surface area contributed by atoms with Crippen molar-refractivity contribution in [1.82, 2.24) is 15.3 Å². The van der Waals surface area contributed by atoms with Gasteiger partial charge in [-0.25, -0.2) is 31.9 Å². The summed E-state index contributed by atoms with van der Waals surface area (Å²) in [4.78, 5) is 6.58. The van der Waals surface area contributed by atoms with Crippen molar-refractivity contribution in [1.29, 1.82) is 0 Å². The molecule has 0 spiro atoms. The summed E-state index contributed by atoms with van der Waals surface area (Å²) in [7, 11) is -4.43. The molecular formula is C22H21ClF2N4O3S. The van der Waals surface area contributed by atoms with E-state index >= 15 is 0 Å². The first-order chi connectivity index (χ1) is 15.8. The fourth-order valence-electron chi connectivity index (χ4n) is 3.80. The number of nitrogens with one attached hydrogen (secondary N) is 2. The summed E-state index contributed by atoms with van der Waals surface area (Å²) in [5.74, 6) is -2.59. The van der Waals surface area contributed by atoms with E-state index in [0.29, 0.717) is 17.6 Å². The van der Waals surface area contributed by atoms with Crippen LogP contribution < -0.4 is 14.8 Å². The summed E-state index contributed by atoms with van der Waals surface area (Å²) in [6.45, 7) is 1.60. The Morgan fingerprint density at radius 3 is 2.58 bits per heavy atom. The Morgan fingerprint density at radius 2 is 1.85 bits per heavy atom. The number of halogens is 3. The first-order valence-corrected chi connectivity index (χ1v) is 12.1. The number of aromatic nitrogens is 2. The molecule has 0 radical (unpaired) electrons. The third kappa shape index (κ3) is 5.58. The van der Waals surface area contributed by atoms with Crippen LogP contribution in [-0.2, 0) is 10.0 Å². The lowest BCUT2D eigenvalue weighted by molar-refractivity contribution is 0.190. The van der Waals surface area contributed by atoms with Crippen molar-refractivity contribution in [2.45, 2.75) is 17.2 Å². The Hall–Kier alpha value is -2.82. The second kappa shape index (κ2) is 9.98. The summed E-state index contributed by atoms with van der Waals surface area (Å²) < 4.78 is 61.8. The van der Waals surface area contributed by atoms with E-state index in [1.165, 1.54) is 18.5 Å². The number of sulfonamides is 1. The van der Waals surface area contributed by atoms with Gasteiger partial charge in [-0.1, -0.05) is 23.7 Å². The van der Waals surface area contributed by atoms with Gasteiger partial charge in [-0.3, -0.25) is 0 Å². The van der Waals surface area contributed by atoms with E-state index in [1.54, 1.807) is 0 Å². The molecule has 0 amide bonds. The highest BCUT2D eigenvalue weighted by Crippen LogP contribution is 2.33. The number of anilines is 1. The lowest BCUT2D eigenvalue weighted by Gasteiger charge is -2.32. The molecule has 174 valence electrons. The Morgan fingerprint density at radius 1 is 1.12 bits per heavy atom. The van der Waals surface area contributed by atoms with Crippen LogP contribution in [0.2, 0.25) is 5.02 Å². The molecule has 2 heterocycles. The van der Waals surface area contributed by atoms with Gasteiger partial charge in [0.25, 0.3) is 10.0 Å². The highest BCUT2D eigenvalue weighted by atomic mass is 35.5. The van der Waals surface area contributed by atoms with Crippen LogP contribution in [0.4, 0.5) is 14.7 Å². The van der Waals surface area contributed by atoms with Gasteiger partial charge in [0.1, 0.15) is 10.7 Å². The van der Waals surface area contributed by atoms with Crippen molar-refractivity contribution in [3.8, 4) is 5.75 Å². The molecule has 33 heavy (non-hydrogen) atoms. The van der Waals surface area contributed by atoms with Gasteiger partial charge in [0, 0.05) is 42.0 Å². The molecule has 4 rings (SSSR count). The van der Waals surface area contributed by atoms with Crippen molar-refractivity contribution in [3.05, 3.63) is 77.1 Å². The molecule has 1 aliphatic heterocycles. The Bertz CT molecular complexity index is 1210. The first-order valence-electron chi connectivity index (χ1n) is 10.2. The highest BCUT2D eigenvalue weighted by Gasteiger charge is 2.28. The van der Waals surface area contributed by atoms with Crippen LogP contribution in [0.5, 0.6) is 5.75 Å². The lowest BCUT2D eigenvalue weighted by Crippen LogP contribution is -2.38. The van der Waals surface area contributed by atoms with Gasteiger partial charge in [-0.2, -0.15) is 0 Å². The summed E-state index contributed by atoms with van der Waals surface area (Å²) in [5.41, 5.74) is 1.09. The van der Waals surface area contributed by atoms with Crippen LogP contribution in [0.25, 0.3) is 0 Å². The largest absolute Gasteiger partial charge is 0.490 e. The Balaban J connectivity index is 1.49. The molecule has 0 aliphatic carbocycles. The third-order valence-electron chi connectivity index (χ3n) is 5.43. The van der Waals surface area contributed by atoms with Gasteiger partial charge in [-0.15, -0.1) is 0 Å². The molecule has 0 bridgehead atoms. The molecule has 3 aromatic rings. The van der Waals surface area contributed by atoms with Gasteiger partial charge in [0.15, 0.2) is 11.6 Å². The molecule has 1 saturated heterocycles. The van der Waals surface area contributed by atoms with Crippen molar-refractivity contribution in [3.63, 3.8) is 0 Å². The minimum absolute atomic E-state index is 0.00249. The van der Waals surface area contributed by atoms with Gasteiger partial charge in [0.2, 0.25) is 5.95 Å². The molecular weight excluding hydrogens is 474 g/mol. The molecule has 11 heteroatoms. The smallest absolute Gasteiger partial charge is 0.267 e. The summed E-state index contributed by atoms with van der Waals surface area (Å²) >= 11 is 5.98. The zero-order valence-electron chi connectivity index (χ0n) is 17.3. The maximum Gasteiger partial charge on any atom is 0.267 e. The second-order valence-electron chi connectivity index (χ2n) is 7.61. The van der Waals surface area contributed by atoms with E-state index in [1.807, 2.05) is 29.0 Å². The number of ether oxygens (including phenoxy) is 1. The number of benzene rings is 2. The fourth-order valence-corrected chi connectivity index (χ4v) is 4.95. The molecule has 2 N–H and O–H groups in total. The van der Waals surface area contributed by atoms with Crippen molar-refractivity contribution in [2.75, 3.05) is 24.4 Å². The van der Waals surface area contributed by atoms with Crippen LogP contribution >= 0.6 is 11.6 Å². The van der Waals surface area contributed by atoms with Gasteiger partial charge >= 0.3 is 0 Å². The normalized spacial score (nSPS) is 18.6. The summed E-state index contributed by atoms with van der Waals surface area (Å²) in [6, 6.07) is 10.4. The maximum atomic E-state index is 14.7. The SMILES string of the molecule is O=S(=O)(Nc1ncccn1)c1cc(F)c(OC[C@H]2CNCC[C@@H]2c2ccc(Cl)cc2)cc1F. The minimum Gasteiger partial charge on any atom is -0.490 e. The quantitative estimate of drug-likeness (QED) is 0.516. The van der Waals surface area contributed by atoms with E-state index in [4.69, 9.17) is 16.3 Å². The van der Waals surface area contributed by atoms with E-state index < -0.39 is 26.6 Å². The standard InChI is InChI=1S/C22H21ClF2N4O3S/c23-16-4-2-14(3-5-16)17-6-9-26-12-15(17)13-32-20-10-19(25)21(11-18(20)24)33(30,31)29-22-27-7-1-8-28-22/h1-5,7-8,10-11,15,17,26H,6,9,12-13H2,(H,27,28,29)/t15-,17-/m1/s1. The van der Waals surface area contributed by atoms with Crippen molar-refractivity contribution < 1.29 is 21.9 Å². The lowest BCUT2D eigenvalue weighted by atomic mass is 9.81. The van der Waals surface area contributed by atoms with Crippen LogP contribution in [0.1, 0.15) is 17.9 Å². The Labute approximate surface area is 195 Å². The van der Waals surface area contributed by atoms with Gasteiger partial charge in [-0.05, 0) is 42.6 Å². The molecule has 0 unspecified atom stereocenters. The van der Waals surface area contributed by atoms with Crippen LogP contribution in [0, 0.1) is 17.6 Å². The molecule has 0 saturated carbocycles. The van der Waals surface area contributed by atoms with E-state index in [9.17, 15) is 17.2 Å². The van der Waals surface area contributed by atoms with Crippen molar-refractivity contribution in [2.24, 2.45) is 5.92 Å². The van der Waals surface area contributed by atoms with E-state index in [-0.39, 0.29) is 30.1 Å². The average molecular weight is 495 g/mol. The molecule has 7 nitrogen and oxygen atoms in total. The molecule has 2 aromatic carbocycles. The minimum atomic E-state index is -4.43. The number of piperidine rings is 1. The molecule has 1 fully saturated rings. The predicted octanol–water partition coefficient (Wildman–Crippen LogP) is 3.98. The highest BCUT2D eigenvalue weighted by molar-refractivity contribution is 7.92. The second-order valence-corrected chi connectivity index (χ2v) is 9.70.